The fourth-order valence-corrected chi connectivity index (χ4v) is 5.80. The number of esters is 1. The van der Waals surface area contributed by atoms with Crippen LogP contribution in [0.1, 0.15) is 13.3 Å². The van der Waals surface area contributed by atoms with Gasteiger partial charge >= 0.3 is 5.97 Å². The van der Waals surface area contributed by atoms with Crippen molar-refractivity contribution >= 4 is 29.5 Å². The van der Waals surface area contributed by atoms with E-state index in [1.807, 2.05) is 6.08 Å². The normalized spacial score (nSPS) is 40.4. The number of fused-ring (bicyclic) bond motifs is 3. The maximum absolute atomic E-state index is 13.0. The predicted molar refractivity (Wildman–Crippen MR) is 80.9 cm³/mol. The van der Waals surface area contributed by atoms with Gasteiger partial charge in [-0.05, 0) is 11.6 Å². The van der Waals surface area contributed by atoms with E-state index in [0.717, 1.165) is 5.57 Å². The Balaban J connectivity index is 1.81. The van der Waals surface area contributed by atoms with Crippen molar-refractivity contribution < 1.29 is 24.2 Å². The second-order valence-electron chi connectivity index (χ2n) is 6.19. The third kappa shape index (κ3) is 1.53. The molecule has 3 heterocycles. The minimum absolute atomic E-state index is 0.187. The lowest BCUT2D eigenvalue weighted by Crippen LogP contribution is -2.65. The maximum atomic E-state index is 13.0. The Morgan fingerprint density at radius 3 is 2.87 bits per heavy atom. The lowest BCUT2D eigenvalue weighted by atomic mass is 9.96. The van der Waals surface area contributed by atoms with Gasteiger partial charge in [0.1, 0.15) is 6.10 Å². The molecule has 3 fully saturated rings. The molecule has 0 saturated carbocycles. The number of hydrogen-bond donors (Lipinski definition) is 1. The minimum atomic E-state index is -1.26. The molecule has 23 heavy (non-hydrogen) atoms. The molecule has 3 saturated heterocycles. The number of aliphatic hydroxyl groups is 1. The predicted octanol–water partition coefficient (Wildman–Crippen LogP) is -0.381. The van der Waals surface area contributed by atoms with Crippen LogP contribution in [0.2, 0.25) is 0 Å². The average Bonchev–Trinajstić information content (AvgIpc) is 3.04. The molecule has 4 atom stereocenters. The van der Waals surface area contributed by atoms with Crippen molar-refractivity contribution in [2.24, 2.45) is 0 Å². The number of aliphatic hydroxyl groups excluding tert-OH is 1. The van der Waals surface area contributed by atoms with E-state index in [1.165, 1.54) is 28.5 Å². The molecule has 1 N–H and O–H groups in total. The summed E-state index contributed by atoms with van der Waals surface area (Å²) in [5, 5.41) is 9.78. The van der Waals surface area contributed by atoms with Crippen molar-refractivity contribution in [2.45, 2.75) is 35.2 Å². The summed E-state index contributed by atoms with van der Waals surface area (Å²) in [4.78, 5) is 37.7. The summed E-state index contributed by atoms with van der Waals surface area (Å²) in [6.07, 6.45) is 5.16. The summed E-state index contributed by atoms with van der Waals surface area (Å²) in [5.74, 6) is -0.924. The molecule has 2 bridgehead atoms. The number of carbonyl (C=O) groups excluding carboxylic acids is 3. The van der Waals surface area contributed by atoms with Crippen molar-refractivity contribution in [3.63, 3.8) is 0 Å². The summed E-state index contributed by atoms with van der Waals surface area (Å²) >= 11 is 1.20. The molecule has 1 aliphatic carbocycles. The smallest absolute Gasteiger partial charge is 0.303 e. The van der Waals surface area contributed by atoms with Crippen molar-refractivity contribution in [3.05, 3.63) is 23.8 Å². The fraction of sp³-hybridized carbons (Fsp3) is 0.533. The molecule has 3 aliphatic heterocycles. The maximum Gasteiger partial charge on any atom is 0.303 e. The molecule has 7 nitrogen and oxygen atoms in total. The Kier molecular flexibility index (Phi) is 2.82. The van der Waals surface area contributed by atoms with Gasteiger partial charge in [0.05, 0.1) is 12.6 Å². The number of rotatable bonds is 2. The van der Waals surface area contributed by atoms with Gasteiger partial charge in [-0.1, -0.05) is 23.9 Å². The number of allylic oxidation sites excluding steroid dienone is 2. The zero-order chi connectivity index (χ0) is 16.6. The Labute approximate surface area is 136 Å². The minimum Gasteiger partial charge on any atom is -0.456 e. The SMILES string of the molecule is CC(=O)O[C@H]1C=CC=C2C[C@@]34S[C@@](CO)(C(=O)N3[C@@H]21)N(C)C4=O. The van der Waals surface area contributed by atoms with Crippen LogP contribution in [-0.4, -0.2) is 68.2 Å². The standard InChI is InChI=1S/C15H16N2O5S/c1-8(19)22-10-5-3-4-9-6-14-12(20)16(2)15(7-18,23-14)13(21)17(14)11(9)10/h3-5,10-11,18H,6-7H2,1-2H3/t10-,11-,14-,15-/m0/s1. The highest BCUT2D eigenvalue weighted by molar-refractivity contribution is 8.04. The number of likely N-dealkylation sites (N-methyl/N-ethyl adjacent to an activating group) is 1. The van der Waals surface area contributed by atoms with Crippen LogP contribution in [0.4, 0.5) is 0 Å². The summed E-state index contributed by atoms with van der Waals surface area (Å²) < 4.78 is 5.34. The zero-order valence-corrected chi connectivity index (χ0v) is 13.5. The molecule has 4 aliphatic rings. The Morgan fingerprint density at radius 1 is 1.48 bits per heavy atom. The molecule has 0 aromatic heterocycles. The Hall–Kier alpha value is -1.80. The second kappa shape index (κ2) is 4.39. The molecule has 0 radical (unpaired) electrons. The van der Waals surface area contributed by atoms with Gasteiger partial charge in [-0.25, -0.2) is 0 Å². The first-order valence-electron chi connectivity index (χ1n) is 7.35. The lowest BCUT2D eigenvalue weighted by molar-refractivity contribution is -0.164. The number of carbonyl (C=O) groups is 3. The third-order valence-electron chi connectivity index (χ3n) is 5.00. The molecule has 1 spiro atoms. The van der Waals surface area contributed by atoms with Gasteiger partial charge in [-0.15, -0.1) is 0 Å². The molecule has 8 heteroatoms. The summed E-state index contributed by atoms with van der Waals surface area (Å²) in [6.45, 7) is 0.883. The zero-order valence-electron chi connectivity index (χ0n) is 12.7. The van der Waals surface area contributed by atoms with Crippen LogP contribution in [-0.2, 0) is 19.1 Å². The first-order chi connectivity index (χ1) is 10.9. The molecular formula is C15H16N2O5S. The highest BCUT2D eigenvalue weighted by atomic mass is 32.2. The van der Waals surface area contributed by atoms with E-state index in [4.69, 9.17) is 4.74 Å². The van der Waals surface area contributed by atoms with Crippen LogP contribution < -0.4 is 0 Å². The Bertz CT molecular complexity index is 704. The van der Waals surface area contributed by atoms with Gasteiger partial charge in [-0.2, -0.15) is 0 Å². The van der Waals surface area contributed by atoms with Crippen molar-refractivity contribution in [2.75, 3.05) is 13.7 Å². The number of nitrogens with zero attached hydrogens (tertiary/aromatic N) is 2. The van der Waals surface area contributed by atoms with Gasteiger partial charge < -0.3 is 19.6 Å². The molecule has 122 valence electrons. The number of hydrogen-bond acceptors (Lipinski definition) is 6. The summed E-state index contributed by atoms with van der Waals surface area (Å²) in [5.41, 5.74) is 0.898. The molecule has 0 unspecified atom stereocenters. The summed E-state index contributed by atoms with van der Waals surface area (Å²) in [7, 11) is 1.55. The van der Waals surface area contributed by atoms with E-state index in [0.29, 0.717) is 6.42 Å². The van der Waals surface area contributed by atoms with E-state index in [1.54, 1.807) is 19.2 Å². The van der Waals surface area contributed by atoms with Crippen LogP contribution in [0.3, 0.4) is 0 Å². The molecule has 2 amide bonds. The van der Waals surface area contributed by atoms with E-state index < -0.39 is 34.5 Å². The van der Waals surface area contributed by atoms with Crippen molar-refractivity contribution in [3.8, 4) is 0 Å². The monoisotopic (exact) mass is 336 g/mol. The van der Waals surface area contributed by atoms with E-state index in [2.05, 4.69) is 0 Å². The molecule has 0 aromatic rings. The van der Waals surface area contributed by atoms with Gasteiger partial charge in [0.15, 0.2) is 9.74 Å². The van der Waals surface area contributed by atoms with E-state index in [9.17, 15) is 19.5 Å². The number of thioether (sulfide) groups is 1. The topological polar surface area (TPSA) is 87.2 Å². The molecular weight excluding hydrogens is 320 g/mol. The van der Waals surface area contributed by atoms with Crippen LogP contribution >= 0.6 is 11.8 Å². The average molecular weight is 336 g/mol. The van der Waals surface area contributed by atoms with Crippen LogP contribution in [0.25, 0.3) is 0 Å². The molecule has 0 aromatic carbocycles. The Morgan fingerprint density at radius 2 is 2.22 bits per heavy atom. The molecule has 4 rings (SSSR count). The highest BCUT2D eigenvalue weighted by Gasteiger charge is 2.77. The van der Waals surface area contributed by atoms with E-state index >= 15 is 0 Å². The van der Waals surface area contributed by atoms with Gasteiger partial charge in [0, 0.05) is 20.4 Å². The van der Waals surface area contributed by atoms with Crippen molar-refractivity contribution in [1.82, 2.24) is 9.80 Å². The number of piperazine rings is 1. The lowest BCUT2D eigenvalue weighted by Gasteiger charge is -2.41. The first-order valence-corrected chi connectivity index (χ1v) is 8.16. The quantitative estimate of drug-likeness (QED) is 0.692. The van der Waals surface area contributed by atoms with Gasteiger partial charge in [-0.3, -0.25) is 14.4 Å². The first kappa shape index (κ1) is 14.8. The van der Waals surface area contributed by atoms with E-state index in [-0.39, 0.29) is 11.8 Å². The highest BCUT2D eigenvalue weighted by Crippen LogP contribution is 2.64. The van der Waals surface area contributed by atoms with Gasteiger partial charge in [0.25, 0.3) is 11.8 Å². The summed E-state index contributed by atoms with van der Waals surface area (Å²) in [6, 6.07) is -0.477. The number of ether oxygens (including phenoxy) is 1. The van der Waals surface area contributed by atoms with Crippen molar-refractivity contribution in [1.29, 1.82) is 0 Å². The fourth-order valence-electron chi connectivity index (χ4n) is 4.01. The van der Waals surface area contributed by atoms with Gasteiger partial charge in [0.2, 0.25) is 0 Å². The second-order valence-corrected chi connectivity index (χ2v) is 7.75. The largest absolute Gasteiger partial charge is 0.456 e. The van der Waals surface area contributed by atoms with Crippen LogP contribution in [0.5, 0.6) is 0 Å². The van der Waals surface area contributed by atoms with Crippen LogP contribution in [0, 0.1) is 0 Å². The van der Waals surface area contributed by atoms with Crippen LogP contribution in [0.15, 0.2) is 23.8 Å². The third-order valence-corrected chi connectivity index (χ3v) is 6.77. The number of amides is 2.